The van der Waals surface area contributed by atoms with E-state index in [0.717, 1.165) is 0 Å². The Balaban J connectivity index is 1.71. The van der Waals surface area contributed by atoms with Crippen molar-refractivity contribution in [2.75, 3.05) is 13.7 Å². The molecule has 0 aliphatic heterocycles. The van der Waals surface area contributed by atoms with Gasteiger partial charge in [0.15, 0.2) is 0 Å². The Hall–Kier alpha value is -3.88. The number of hydrazone groups is 1. The van der Waals surface area contributed by atoms with Crippen molar-refractivity contribution in [1.29, 1.82) is 0 Å². The first-order valence-electron chi connectivity index (χ1n) is 8.69. The molecule has 29 heavy (non-hydrogen) atoms. The van der Waals surface area contributed by atoms with Gasteiger partial charge in [0.05, 0.1) is 38.0 Å². The quantitative estimate of drug-likeness (QED) is 0.488. The summed E-state index contributed by atoms with van der Waals surface area (Å²) in [5.41, 5.74) is 3.67. The summed E-state index contributed by atoms with van der Waals surface area (Å²) in [6.07, 6.45) is 5.59. The summed E-state index contributed by atoms with van der Waals surface area (Å²) in [7, 11) is 1.47. The summed E-state index contributed by atoms with van der Waals surface area (Å²) < 4.78 is 24.1. The Morgan fingerprint density at radius 2 is 2.10 bits per heavy atom. The number of benzene rings is 1. The number of halogens is 1. The SMILES string of the molecule is CCOc1ccc(-c2cncc(C(=O)N/N=C/c3cc(OC)ccc3F)n2)cn1. The standard InChI is InChI=1S/C20H18FN5O3/c1-3-29-19-7-4-13(9-23-19)17-11-22-12-18(25-17)20(27)26-24-10-14-8-15(28-2)5-6-16(14)21/h4-12H,3H2,1-2H3,(H,26,27)/b24-10+. The second kappa shape index (κ2) is 9.36. The number of hydrogen-bond acceptors (Lipinski definition) is 7. The number of aromatic nitrogens is 3. The molecule has 0 spiro atoms. The average molecular weight is 395 g/mol. The maximum atomic E-state index is 13.8. The van der Waals surface area contributed by atoms with Crippen LogP contribution in [0.2, 0.25) is 0 Å². The van der Waals surface area contributed by atoms with Crippen LogP contribution in [0.1, 0.15) is 23.0 Å². The van der Waals surface area contributed by atoms with Crippen LogP contribution in [0.5, 0.6) is 11.6 Å². The summed E-state index contributed by atoms with van der Waals surface area (Å²) in [5, 5.41) is 3.77. The lowest BCUT2D eigenvalue weighted by Gasteiger charge is -2.05. The van der Waals surface area contributed by atoms with Gasteiger partial charge in [0.1, 0.15) is 17.3 Å². The summed E-state index contributed by atoms with van der Waals surface area (Å²) in [6.45, 7) is 2.39. The number of ether oxygens (including phenoxy) is 2. The van der Waals surface area contributed by atoms with Crippen LogP contribution < -0.4 is 14.9 Å². The van der Waals surface area contributed by atoms with Crippen LogP contribution in [-0.4, -0.2) is 40.8 Å². The first kappa shape index (κ1) is 19.9. The molecule has 0 saturated heterocycles. The largest absolute Gasteiger partial charge is 0.497 e. The lowest BCUT2D eigenvalue weighted by Crippen LogP contribution is -2.19. The second-order valence-electron chi connectivity index (χ2n) is 5.69. The molecule has 0 radical (unpaired) electrons. The molecule has 0 aliphatic rings. The van der Waals surface area contributed by atoms with Crippen LogP contribution in [0, 0.1) is 5.82 Å². The van der Waals surface area contributed by atoms with Crippen molar-refractivity contribution >= 4 is 12.1 Å². The molecule has 0 aliphatic carbocycles. The van der Waals surface area contributed by atoms with E-state index in [9.17, 15) is 9.18 Å². The highest BCUT2D eigenvalue weighted by Gasteiger charge is 2.10. The number of nitrogens with zero attached hydrogens (tertiary/aromatic N) is 4. The molecule has 148 valence electrons. The Bertz CT molecular complexity index is 1020. The van der Waals surface area contributed by atoms with Crippen molar-refractivity contribution in [3.05, 3.63) is 66.0 Å². The maximum Gasteiger partial charge on any atom is 0.291 e. The molecule has 1 aromatic carbocycles. The smallest absolute Gasteiger partial charge is 0.291 e. The van der Waals surface area contributed by atoms with Crippen LogP contribution in [0.3, 0.4) is 0 Å². The van der Waals surface area contributed by atoms with Gasteiger partial charge >= 0.3 is 0 Å². The summed E-state index contributed by atoms with van der Waals surface area (Å²) in [6, 6.07) is 7.68. The molecule has 0 fully saturated rings. The van der Waals surface area contributed by atoms with Crippen molar-refractivity contribution in [2.45, 2.75) is 6.92 Å². The first-order valence-corrected chi connectivity index (χ1v) is 8.69. The fourth-order valence-corrected chi connectivity index (χ4v) is 2.34. The van der Waals surface area contributed by atoms with Gasteiger partial charge < -0.3 is 9.47 Å². The molecule has 2 heterocycles. The van der Waals surface area contributed by atoms with Gasteiger partial charge in [-0.3, -0.25) is 9.78 Å². The van der Waals surface area contributed by atoms with Gasteiger partial charge in [0.2, 0.25) is 5.88 Å². The minimum Gasteiger partial charge on any atom is -0.497 e. The second-order valence-corrected chi connectivity index (χ2v) is 5.69. The zero-order valence-electron chi connectivity index (χ0n) is 15.8. The third-order valence-corrected chi connectivity index (χ3v) is 3.76. The Labute approximate surface area is 166 Å². The Kier molecular flexibility index (Phi) is 6.41. The molecule has 1 N–H and O–H groups in total. The third kappa shape index (κ3) is 5.10. The number of rotatable bonds is 7. The Morgan fingerprint density at radius 3 is 2.83 bits per heavy atom. The minimum atomic E-state index is -0.585. The fourth-order valence-electron chi connectivity index (χ4n) is 2.34. The summed E-state index contributed by atoms with van der Waals surface area (Å²) in [4.78, 5) is 24.7. The van der Waals surface area contributed by atoms with Crippen LogP contribution >= 0.6 is 0 Å². The Morgan fingerprint density at radius 1 is 1.24 bits per heavy atom. The van der Waals surface area contributed by atoms with Gasteiger partial charge in [-0.1, -0.05) is 0 Å². The molecule has 8 nitrogen and oxygen atoms in total. The molecule has 0 atom stereocenters. The maximum absolute atomic E-state index is 13.8. The molecule has 3 aromatic rings. The van der Waals surface area contributed by atoms with E-state index >= 15 is 0 Å². The number of nitrogens with one attached hydrogen (secondary N) is 1. The number of methoxy groups -OCH3 is 1. The average Bonchev–Trinajstić information content (AvgIpc) is 2.76. The van der Waals surface area contributed by atoms with Crippen LogP contribution in [0.4, 0.5) is 4.39 Å². The lowest BCUT2D eigenvalue weighted by molar-refractivity contribution is 0.0950. The number of hydrogen-bond donors (Lipinski definition) is 1. The molecule has 0 bridgehead atoms. The van der Waals surface area contributed by atoms with E-state index in [1.807, 2.05) is 6.92 Å². The molecule has 2 aromatic heterocycles. The van der Waals surface area contributed by atoms with Gasteiger partial charge in [-0.15, -0.1) is 0 Å². The normalized spacial score (nSPS) is 10.7. The third-order valence-electron chi connectivity index (χ3n) is 3.76. The number of amides is 1. The zero-order chi connectivity index (χ0) is 20.6. The van der Waals surface area contributed by atoms with Gasteiger partial charge in [-0.2, -0.15) is 5.10 Å². The van der Waals surface area contributed by atoms with E-state index in [0.29, 0.717) is 29.5 Å². The van der Waals surface area contributed by atoms with Crippen molar-refractivity contribution < 1.29 is 18.7 Å². The monoisotopic (exact) mass is 395 g/mol. The van der Waals surface area contributed by atoms with Gasteiger partial charge in [0.25, 0.3) is 5.91 Å². The lowest BCUT2D eigenvalue weighted by atomic mass is 10.2. The topological polar surface area (TPSA) is 98.6 Å². The van der Waals surface area contributed by atoms with Crippen molar-refractivity contribution in [3.8, 4) is 22.9 Å². The summed E-state index contributed by atoms with van der Waals surface area (Å²) in [5.74, 6) is -0.106. The predicted octanol–water partition coefficient (Wildman–Crippen LogP) is 2.85. The van der Waals surface area contributed by atoms with Gasteiger partial charge in [0, 0.05) is 23.4 Å². The molecule has 0 saturated carbocycles. The highest BCUT2D eigenvalue weighted by atomic mass is 19.1. The number of carbonyl (C=O) groups is 1. The number of carbonyl (C=O) groups excluding carboxylic acids is 1. The molecular formula is C20H18FN5O3. The van der Waals surface area contributed by atoms with E-state index in [-0.39, 0.29) is 11.3 Å². The van der Waals surface area contributed by atoms with E-state index in [4.69, 9.17) is 9.47 Å². The highest BCUT2D eigenvalue weighted by Crippen LogP contribution is 2.18. The van der Waals surface area contributed by atoms with Crippen LogP contribution in [0.25, 0.3) is 11.3 Å². The van der Waals surface area contributed by atoms with Crippen molar-refractivity contribution in [1.82, 2.24) is 20.4 Å². The first-order chi connectivity index (χ1) is 14.1. The van der Waals surface area contributed by atoms with E-state index in [1.54, 1.807) is 18.3 Å². The van der Waals surface area contributed by atoms with Crippen molar-refractivity contribution in [3.63, 3.8) is 0 Å². The molecule has 3 rings (SSSR count). The molecule has 0 unspecified atom stereocenters. The molecular weight excluding hydrogens is 377 g/mol. The molecule has 1 amide bonds. The van der Waals surface area contributed by atoms with Gasteiger partial charge in [-0.25, -0.2) is 19.8 Å². The zero-order valence-corrected chi connectivity index (χ0v) is 15.8. The molecule has 9 heteroatoms. The highest BCUT2D eigenvalue weighted by molar-refractivity contribution is 5.93. The predicted molar refractivity (Wildman–Crippen MR) is 104 cm³/mol. The summed E-state index contributed by atoms with van der Waals surface area (Å²) >= 11 is 0. The minimum absolute atomic E-state index is 0.0552. The van der Waals surface area contributed by atoms with E-state index in [1.165, 1.54) is 43.9 Å². The fraction of sp³-hybridized carbons (Fsp3) is 0.150. The van der Waals surface area contributed by atoms with Crippen molar-refractivity contribution in [2.24, 2.45) is 5.10 Å². The van der Waals surface area contributed by atoms with E-state index in [2.05, 4.69) is 25.5 Å². The van der Waals surface area contributed by atoms with E-state index < -0.39 is 11.7 Å². The number of pyridine rings is 1. The van der Waals surface area contributed by atoms with Crippen LogP contribution in [0.15, 0.2) is 54.0 Å². The van der Waals surface area contributed by atoms with Gasteiger partial charge in [-0.05, 0) is 31.2 Å². The van der Waals surface area contributed by atoms with Crippen LogP contribution in [-0.2, 0) is 0 Å².